The second kappa shape index (κ2) is 11.0. The first-order valence-electron chi connectivity index (χ1n) is 10.2. The van der Waals surface area contributed by atoms with Crippen LogP contribution in [0.25, 0.3) is 0 Å². The molecule has 1 aromatic rings. The average Bonchev–Trinajstić information content (AvgIpc) is 2.62. The zero-order chi connectivity index (χ0) is 23.1. The number of rotatable bonds is 8. The molecule has 0 aliphatic carbocycles. The Morgan fingerprint density at radius 1 is 1.13 bits per heavy atom. The van der Waals surface area contributed by atoms with Crippen molar-refractivity contribution in [1.29, 1.82) is 0 Å². The zero-order valence-corrected chi connectivity index (χ0v) is 19.0. The number of carbonyl (C=O) groups is 3. The molecule has 8 nitrogen and oxygen atoms in total. The summed E-state index contributed by atoms with van der Waals surface area (Å²) in [5.74, 6) is -0.901. The fourth-order valence-corrected chi connectivity index (χ4v) is 3.01. The van der Waals surface area contributed by atoms with Crippen molar-refractivity contribution < 1.29 is 24.2 Å². The van der Waals surface area contributed by atoms with Gasteiger partial charge in [0.2, 0.25) is 11.8 Å². The summed E-state index contributed by atoms with van der Waals surface area (Å²) < 4.78 is 5.19. The Bertz CT molecular complexity index is 743. The SMILES string of the molecule is CCN(C(=O)C(CO)NC(=O)OC(C)(C)C)C(C(=O)NC(C)C)c1ccccc1C. The smallest absolute Gasteiger partial charge is 0.408 e. The maximum Gasteiger partial charge on any atom is 0.408 e. The van der Waals surface area contributed by atoms with Crippen molar-refractivity contribution in [3.63, 3.8) is 0 Å². The number of carbonyl (C=O) groups excluding carboxylic acids is 3. The van der Waals surface area contributed by atoms with Crippen molar-refractivity contribution in [2.45, 2.75) is 72.2 Å². The van der Waals surface area contributed by atoms with Crippen LogP contribution in [0.4, 0.5) is 4.79 Å². The summed E-state index contributed by atoms with van der Waals surface area (Å²) in [5, 5.41) is 15.0. The third-order valence-electron chi connectivity index (χ3n) is 4.27. The van der Waals surface area contributed by atoms with Crippen molar-refractivity contribution in [2.24, 2.45) is 0 Å². The Labute approximate surface area is 179 Å². The maximum absolute atomic E-state index is 13.2. The average molecular weight is 422 g/mol. The number of aryl methyl sites for hydroxylation is 1. The molecular weight excluding hydrogens is 386 g/mol. The van der Waals surface area contributed by atoms with Crippen LogP contribution >= 0.6 is 0 Å². The fourth-order valence-electron chi connectivity index (χ4n) is 3.01. The number of aliphatic hydroxyl groups is 1. The summed E-state index contributed by atoms with van der Waals surface area (Å²) in [6.45, 7) is 12.0. The van der Waals surface area contributed by atoms with Gasteiger partial charge in [0.1, 0.15) is 17.7 Å². The van der Waals surface area contributed by atoms with Crippen molar-refractivity contribution >= 4 is 17.9 Å². The van der Waals surface area contributed by atoms with Crippen LogP contribution in [0.5, 0.6) is 0 Å². The van der Waals surface area contributed by atoms with Crippen LogP contribution in [0.3, 0.4) is 0 Å². The van der Waals surface area contributed by atoms with Gasteiger partial charge in [-0.2, -0.15) is 0 Å². The van der Waals surface area contributed by atoms with Crippen LogP contribution in [0.2, 0.25) is 0 Å². The van der Waals surface area contributed by atoms with Crippen molar-refractivity contribution in [2.75, 3.05) is 13.2 Å². The summed E-state index contributed by atoms with van der Waals surface area (Å²) in [4.78, 5) is 39.8. The van der Waals surface area contributed by atoms with E-state index in [1.54, 1.807) is 39.8 Å². The summed E-state index contributed by atoms with van der Waals surface area (Å²) in [6.07, 6.45) is -0.815. The number of nitrogens with one attached hydrogen (secondary N) is 2. The van der Waals surface area contributed by atoms with Crippen molar-refractivity contribution in [3.8, 4) is 0 Å². The number of hydrogen-bond acceptors (Lipinski definition) is 5. The highest BCUT2D eigenvalue weighted by Crippen LogP contribution is 2.25. The molecule has 2 atom stereocenters. The van der Waals surface area contributed by atoms with Gasteiger partial charge in [0.05, 0.1) is 6.61 Å². The van der Waals surface area contributed by atoms with E-state index in [9.17, 15) is 19.5 Å². The molecule has 0 heterocycles. The topological polar surface area (TPSA) is 108 Å². The lowest BCUT2D eigenvalue weighted by Crippen LogP contribution is -2.54. The molecule has 0 aliphatic rings. The van der Waals surface area contributed by atoms with Gasteiger partial charge in [-0.25, -0.2) is 4.79 Å². The van der Waals surface area contributed by atoms with E-state index in [0.717, 1.165) is 5.56 Å². The van der Waals surface area contributed by atoms with Gasteiger partial charge in [0.25, 0.3) is 0 Å². The van der Waals surface area contributed by atoms with Gasteiger partial charge in [0.15, 0.2) is 0 Å². The van der Waals surface area contributed by atoms with E-state index in [0.29, 0.717) is 5.56 Å². The minimum Gasteiger partial charge on any atom is -0.444 e. The van der Waals surface area contributed by atoms with Gasteiger partial charge >= 0.3 is 6.09 Å². The van der Waals surface area contributed by atoms with Gasteiger partial charge in [0, 0.05) is 12.6 Å². The Balaban J connectivity index is 3.25. The van der Waals surface area contributed by atoms with Crippen LogP contribution < -0.4 is 10.6 Å². The molecule has 168 valence electrons. The van der Waals surface area contributed by atoms with Crippen LogP contribution in [0.1, 0.15) is 58.7 Å². The van der Waals surface area contributed by atoms with Gasteiger partial charge in [-0.05, 0) is 59.6 Å². The molecule has 3 amide bonds. The molecule has 30 heavy (non-hydrogen) atoms. The highest BCUT2D eigenvalue weighted by atomic mass is 16.6. The van der Waals surface area contributed by atoms with Crippen LogP contribution in [0.15, 0.2) is 24.3 Å². The molecule has 0 bridgehead atoms. The quantitative estimate of drug-likeness (QED) is 0.597. The number of nitrogens with zero attached hydrogens (tertiary/aromatic N) is 1. The van der Waals surface area contributed by atoms with Crippen molar-refractivity contribution in [1.82, 2.24) is 15.5 Å². The molecule has 3 N–H and O–H groups in total. The lowest BCUT2D eigenvalue weighted by atomic mass is 9.98. The first-order chi connectivity index (χ1) is 13.9. The molecule has 2 unspecified atom stereocenters. The standard InChI is InChI=1S/C22H35N3O5/c1-8-25(20(28)17(13-26)24-21(29)30-22(5,6)7)18(19(27)23-14(2)3)16-12-10-9-11-15(16)4/h9-12,14,17-18,26H,8,13H2,1-7H3,(H,23,27)(H,24,29). The molecule has 0 aliphatic heterocycles. The Morgan fingerprint density at radius 2 is 1.73 bits per heavy atom. The predicted octanol–water partition coefficient (Wildman–Crippen LogP) is 2.29. The molecule has 0 saturated heterocycles. The number of ether oxygens (including phenoxy) is 1. The van der Waals surface area contributed by atoms with Crippen LogP contribution in [-0.2, 0) is 14.3 Å². The van der Waals surface area contributed by atoms with Crippen molar-refractivity contribution in [3.05, 3.63) is 35.4 Å². The number of amides is 3. The normalized spacial score (nSPS) is 13.4. The van der Waals surface area contributed by atoms with E-state index >= 15 is 0 Å². The fraction of sp³-hybridized carbons (Fsp3) is 0.591. The molecule has 8 heteroatoms. The zero-order valence-electron chi connectivity index (χ0n) is 19.0. The second-order valence-corrected chi connectivity index (χ2v) is 8.43. The first kappa shape index (κ1) is 25.4. The minimum absolute atomic E-state index is 0.119. The second-order valence-electron chi connectivity index (χ2n) is 8.43. The third-order valence-corrected chi connectivity index (χ3v) is 4.27. The van der Waals surface area contributed by atoms with E-state index in [1.807, 2.05) is 32.9 Å². The predicted molar refractivity (Wildman–Crippen MR) is 115 cm³/mol. The Hall–Kier alpha value is -2.61. The number of likely N-dealkylation sites (N-methyl/N-ethyl adjacent to an activating group) is 1. The summed E-state index contributed by atoms with van der Waals surface area (Å²) in [5.41, 5.74) is 0.784. The molecule has 0 saturated carbocycles. The molecule has 0 aromatic heterocycles. The molecule has 0 spiro atoms. The third kappa shape index (κ3) is 7.33. The molecule has 1 aromatic carbocycles. The number of hydrogen-bond donors (Lipinski definition) is 3. The Morgan fingerprint density at radius 3 is 2.20 bits per heavy atom. The van der Waals surface area contributed by atoms with E-state index < -0.39 is 36.3 Å². The monoisotopic (exact) mass is 421 g/mol. The molecule has 0 fully saturated rings. The molecule has 0 radical (unpaired) electrons. The van der Waals surface area contributed by atoms with E-state index in [4.69, 9.17) is 4.74 Å². The Kier molecular flexibility index (Phi) is 9.29. The number of aliphatic hydroxyl groups excluding tert-OH is 1. The highest BCUT2D eigenvalue weighted by Gasteiger charge is 2.36. The van der Waals surface area contributed by atoms with E-state index in [1.165, 1.54) is 4.90 Å². The lowest BCUT2D eigenvalue weighted by Gasteiger charge is -2.34. The van der Waals surface area contributed by atoms with Gasteiger partial charge < -0.3 is 25.4 Å². The van der Waals surface area contributed by atoms with Gasteiger partial charge in [-0.3, -0.25) is 9.59 Å². The first-order valence-corrected chi connectivity index (χ1v) is 10.2. The van der Waals surface area contributed by atoms with E-state index in [-0.39, 0.29) is 18.5 Å². The number of benzene rings is 1. The lowest BCUT2D eigenvalue weighted by molar-refractivity contribution is -0.143. The minimum atomic E-state index is -1.24. The molecular formula is C22H35N3O5. The molecule has 1 rings (SSSR count). The van der Waals surface area contributed by atoms with Gasteiger partial charge in [-0.1, -0.05) is 24.3 Å². The van der Waals surface area contributed by atoms with Crippen LogP contribution in [0, 0.1) is 6.92 Å². The largest absolute Gasteiger partial charge is 0.444 e. The van der Waals surface area contributed by atoms with Crippen LogP contribution in [-0.4, -0.2) is 58.8 Å². The maximum atomic E-state index is 13.2. The summed E-state index contributed by atoms with van der Waals surface area (Å²) >= 11 is 0. The van der Waals surface area contributed by atoms with E-state index in [2.05, 4.69) is 10.6 Å². The summed E-state index contributed by atoms with van der Waals surface area (Å²) in [7, 11) is 0. The van der Waals surface area contributed by atoms with Gasteiger partial charge in [-0.15, -0.1) is 0 Å². The highest BCUT2D eigenvalue weighted by molar-refractivity contribution is 5.92. The number of alkyl carbamates (subject to hydrolysis) is 1. The summed E-state index contributed by atoms with van der Waals surface area (Å²) in [6, 6.07) is 5.06.